The Hall–Kier alpha value is -1.76. The number of nitrogens with one attached hydrogen (secondary N) is 1. The molecule has 1 aliphatic heterocycles. The van der Waals surface area contributed by atoms with Crippen molar-refractivity contribution in [2.45, 2.75) is 38.6 Å². The third kappa shape index (κ3) is 5.13. The fraction of sp³-hybridized carbons (Fsp3) is 0.562. The molecule has 0 aliphatic carbocycles. The normalized spacial score (nSPS) is 17.0. The van der Waals surface area contributed by atoms with Crippen molar-refractivity contribution in [3.63, 3.8) is 0 Å². The Morgan fingerprint density at radius 3 is 2.57 bits per heavy atom. The summed E-state index contributed by atoms with van der Waals surface area (Å²) < 4.78 is 44.2. The van der Waals surface area contributed by atoms with E-state index in [1.54, 1.807) is 6.07 Å². The van der Waals surface area contributed by atoms with Crippen LogP contribution in [-0.2, 0) is 17.5 Å². The Balaban J connectivity index is 1.89. The molecule has 0 radical (unpaired) electrons. The van der Waals surface area contributed by atoms with Gasteiger partial charge in [-0.05, 0) is 31.4 Å². The topological polar surface area (TPSA) is 41.6 Å². The van der Waals surface area contributed by atoms with E-state index in [-0.39, 0.29) is 18.2 Å². The minimum absolute atomic E-state index is 0.171. The van der Waals surface area contributed by atoms with Gasteiger partial charge in [0.2, 0.25) is 0 Å². The average molecular weight is 330 g/mol. The van der Waals surface area contributed by atoms with Crippen LogP contribution in [0.2, 0.25) is 0 Å². The highest BCUT2D eigenvalue weighted by molar-refractivity contribution is 5.67. The summed E-state index contributed by atoms with van der Waals surface area (Å²) in [5.74, 6) is 0. The maximum absolute atomic E-state index is 13.0. The number of alkyl carbamates (subject to hydrolysis) is 1. The molecule has 128 valence electrons. The van der Waals surface area contributed by atoms with Crippen LogP contribution in [0.15, 0.2) is 24.3 Å². The number of hydrogen-bond acceptors (Lipinski definition) is 3. The number of hydrogen-bond donors (Lipinski definition) is 1. The molecule has 0 atom stereocenters. The van der Waals surface area contributed by atoms with Gasteiger partial charge in [0.25, 0.3) is 0 Å². The van der Waals surface area contributed by atoms with Crippen molar-refractivity contribution in [3.05, 3.63) is 35.4 Å². The summed E-state index contributed by atoms with van der Waals surface area (Å²) in [6, 6.07) is 5.65. The first-order chi connectivity index (χ1) is 10.9. The van der Waals surface area contributed by atoms with Crippen LogP contribution in [0.1, 0.15) is 30.9 Å². The summed E-state index contributed by atoms with van der Waals surface area (Å²) in [5, 5.41) is 2.57. The number of carbonyl (C=O) groups excluding carboxylic acids is 1. The number of nitrogens with zero attached hydrogens (tertiary/aromatic N) is 1. The highest BCUT2D eigenvalue weighted by atomic mass is 19.4. The minimum atomic E-state index is -4.34. The number of amides is 1. The SMILES string of the molecule is CCNC(=O)OC1CCN(Cc2ccccc2C(F)(F)F)CC1. The van der Waals surface area contributed by atoms with Crippen LogP contribution in [0, 0.1) is 0 Å². The van der Waals surface area contributed by atoms with Crippen molar-refractivity contribution in [1.82, 2.24) is 10.2 Å². The lowest BCUT2D eigenvalue weighted by molar-refractivity contribution is -0.138. The van der Waals surface area contributed by atoms with Gasteiger partial charge in [-0.15, -0.1) is 0 Å². The Kier molecular flexibility index (Phi) is 5.87. The summed E-state index contributed by atoms with van der Waals surface area (Å²) >= 11 is 0. The molecular weight excluding hydrogens is 309 g/mol. The molecule has 4 nitrogen and oxygen atoms in total. The van der Waals surface area contributed by atoms with Gasteiger partial charge in [-0.2, -0.15) is 13.2 Å². The number of rotatable bonds is 4. The second kappa shape index (κ2) is 7.68. The van der Waals surface area contributed by atoms with E-state index in [2.05, 4.69) is 5.32 Å². The highest BCUT2D eigenvalue weighted by Gasteiger charge is 2.33. The Morgan fingerprint density at radius 2 is 1.96 bits per heavy atom. The van der Waals surface area contributed by atoms with Crippen LogP contribution in [0.25, 0.3) is 0 Å². The van der Waals surface area contributed by atoms with E-state index in [9.17, 15) is 18.0 Å². The quantitative estimate of drug-likeness (QED) is 0.920. The highest BCUT2D eigenvalue weighted by Crippen LogP contribution is 2.32. The second-order valence-corrected chi connectivity index (χ2v) is 5.57. The first-order valence-electron chi connectivity index (χ1n) is 7.72. The molecule has 7 heteroatoms. The van der Waals surface area contributed by atoms with Gasteiger partial charge >= 0.3 is 12.3 Å². The lowest BCUT2D eigenvalue weighted by Crippen LogP contribution is -2.39. The van der Waals surface area contributed by atoms with Crippen LogP contribution in [0.5, 0.6) is 0 Å². The molecule has 1 amide bonds. The van der Waals surface area contributed by atoms with Gasteiger partial charge in [-0.1, -0.05) is 18.2 Å². The number of carbonyl (C=O) groups is 1. The molecule has 1 N–H and O–H groups in total. The van der Waals surface area contributed by atoms with E-state index in [1.807, 2.05) is 11.8 Å². The summed E-state index contributed by atoms with van der Waals surface area (Å²) in [6.45, 7) is 3.78. The molecule has 0 unspecified atom stereocenters. The van der Waals surface area contributed by atoms with Crippen molar-refractivity contribution in [1.29, 1.82) is 0 Å². The van der Waals surface area contributed by atoms with E-state index in [4.69, 9.17) is 4.74 Å². The van der Waals surface area contributed by atoms with Crippen molar-refractivity contribution in [3.8, 4) is 0 Å². The number of ether oxygens (including phenoxy) is 1. The first-order valence-corrected chi connectivity index (χ1v) is 7.72. The molecular formula is C16H21F3N2O2. The molecule has 1 heterocycles. The van der Waals surface area contributed by atoms with Gasteiger partial charge in [0.15, 0.2) is 0 Å². The van der Waals surface area contributed by atoms with Gasteiger partial charge in [0.1, 0.15) is 6.10 Å². The zero-order valence-corrected chi connectivity index (χ0v) is 13.0. The predicted octanol–water partition coefficient (Wildman–Crippen LogP) is 3.42. The van der Waals surface area contributed by atoms with Crippen molar-refractivity contribution in [2.24, 2.45) is 0 Å². The standard InChI is InChI=1S/C16H21F3N2O2/c1-2-20-15(22)23-13-7-9-21(10-8-13)11-12-5-3-4-6-14(12)16(17,18)19/h3-6,13H,2,7-11H2,1H3,(H,20,22). The van der Waals surface area contributed by atoms with E-state index < -0.39 is 17.8 Å². The molecule has 2 rings (SSSR count). The molecule has 0 spiro atoms. The molecule has 0 aromatic heterocycles. The molecule has 1 fully saturated rings. The number of alkyl halides is 3. The van der Waals surface area contributed by atoms with E-state index in [0.29, 0.717) is 32.5 Å². The maximum atomic E-state index is 13.0. The summed E-state index contributed by atoms with van der Waals surface area (Å²) in [4.78, 5) is 13.3. The zero-order chi connectivity index (χ0) is 16.9. The number of halogens is 3. The monoisotopic (exact) mass is 330 g/mol. The molecule has 1 aromatic rings. The van der Waals surface area contributed by atoms with Crippen molar-refractivity contribution < 1.29 is 22.7 Å². The molecule has 1 aromatic carbocycles. The average Bonchev–Trinajstić information content (AvgIpc) is 2.49. The fourth-order valence-electron chi connectivity index (χ4n) is 2.70. The fourth-order valence-corrected chi connectivity index (χ4v) is 2.70. The summed E-state index contributed by atoms with van der Waals surface area (Å²) in [5.41, 5.74) is -0.302. The minimum Gasteiger partial charge on any atom is -0.446 e. The molecule has 0 bridgehead atoms. The first kappa shape index (κ1) is 17.6. The third-order valence-corrected chi connectivity index (χ3v) is 3.85. The third-order valence-electron chi connectivity index (χ3n) is 3.85. The van der Waals surface area contributed by atoms with Crippen molar-refractivity contribution >= 4 is 6.09 Å². The van der Waals surface area contributed by atoms with Crippen LogP contribution in [-0.4, -0.2) is 36.7 Å². The Morgan fingerprint density at radius 1 is 1.30 bits per heavy atom. The predicted molar refractivity (Wildman–Crippen MR) is 79.9 cm³/mol. The molecule has 0 saturated carbocycles. The zero-order valence-electron chi connectivity index (χ0n) is 13.0. The number of benzene rings is 1. The van der Waals surface area contributed by atoms with E-state index >= 15 is 0 Å². The Labute approximate surface area is 133 Å². The van der Waals surface area contributed by atoms with Gasteiger partial charge in [0, 0.05) is 26.2 Å². The molecule has 1 saturated heterocycles. The van der Waals surface area contributed by atoms with Gasteiger partial charge in [-0.25, -0.2) is 4.79 Å². The summed E-state index contributed by atoms with van der Waals surface area (Å²) in [6.07, 6.45) is -3.68. The van der Waals surface area contributed by atoms with Gasteiger partial charge in [0.05, 0.1) is 5.56 Å². The lowest BCUT2D eigenvalue weighted by Gasteiger charge is -2.32. The largest absolute Gasteiger partial charge is 0.446 e. The smallest absolute Gasteiger partial charge is 0.416 e. The molecule has 1 aliphatic rings. The number of likely N-dealkylation sites (tertiary alicyclic amines) is 1. The van der Waals surface area contributed by atoms with Crippen LogP contribution in [0.3, 0.4) is 0 Å². The van der Waals surface area contributed by atoms with Crippen molar-refractivity contribution in [2.75, 3.05) is 19.6 Å². The van der Waals surface area contributed by atoms with Gasteiger partial charge in [-0.3, -0.25) is 4.90 Å². The maximum Gasteiger partial charge on any atom is 0.416 e. The lowest BCUT2D eigenvalue weighted by atomic mass is 10.0. The molecule has 23 heavy (non-hydrogen) atoms. The van der Waals surface area contributed by atoms with E-state index in [0.717, 1.165) is 6.07 Å². The van der Waals surface area contributed by atoms with Gasteiger partial charge < -0.3 is 10.1 Å². The van der Waals surface area contributed by atoms with Crippen LogP contribution < -0.4 is 5.32 Å². The van der Waals surface area contributed by atoms with Crippen LogP contribution in [0.4, 0.5) is 18.0 Å². The van der Waals surface area contributed by atoms with Crippen LogP contribution >= 0.6 is 0 Å². The Bertz CT molecular complexity index is 526. The second-order valence-electron chi connectivity index (χ2n) is 5.57. The summed E-state index contributed by atoms with van der Waals surface area (Å²) in [7, 11) is 0. The van der Waals surface area contributed by atoms with E-state index in [1.165, 1.54) is 12.1 Å². The number of piperidine rings is 1.